The SMILES string of the molecule is COc1ccc2sc(N(Cc3ccccc3)C(=O)c3ccc([N+](=O)[O-])o3)nc2c1. The predicted molar refractivity (Wildman–Crippen MR) is 108 cm³/mol. The van der Waals surface area contributed by atoms with Gasteiger partial charge in [0.25, 0.3) is 5.91 Å². The molecule has 0 radical (unpaired) electrons. The third kappa shape index (κ3) is 3.81. The van der Waals surface area contributed by atoms with Crippen LogP contribution in [-0.2, 0) is 6.54 Å². The molecule has 0 aliphatic heterocycles. The van der Waals surface area contributed by atoms with Crippen molar-refractivity contribution in [2.75, 3.05) is 12.0 Å². The molecule has 0 N–H and O–H groups in total. The maximum atomic E-state index is 13.1. The normalized spacial score (nSPS) is 10.8. The zero-order chi connectivity index (χ0) is 20.4. The number of methoxy groups -OCH3 is 1. The standard InChI is InChI=1S/C20H15N3O5S/c1-27-14-7-9-17-15(11-14)21-20(29-17)22(12-13-5-3-2-4-6-13)19(24)16-8-10-18(28-16)23(25)26/h2-11H,12H2,1H3. The van der Waals surface area contributed by atoms with Crippen LogP contribution < -0.4 is 9.64 Å². The predicted octanol–water partition coefficient (Wildman–Crippen LogP) is 4.65. The summed E-state index contributed by atoms with van der Waals surface area (Å²) in [6.07, 6.45) is 0. The Bertz CT molecular complexity index is 1190. The highest BCUT2D eigenvalue weighted by Gasteiger charge is 2.26. The number of nitrogens with zero attached hydrogens (tertiary/aromatic N) is 3. The van der Waals surface area contributed by atoms with Crippen LogP contribution in [0.25, 0.3) is 10.2 Å². The van der Waals surface area contributed by atoms with E-state index < -0.39 is 16.7 Å². The topological polar surface area (TPSA) is 98.7 Å². The molecule has 2 aromatic carbocycles. The van der Waals surface area contributed by atoms with E-state index in [1.807, 2.05) is 42.5 Å². The van der Waals surface area contributed by atoms with Crippen molar-refractivity contribution in [2.45, 2.75) is 6.54 Å². The third-order valence-corrected chi connectivity index (χ3v) is 5.28. The van der Waals surface area contributed by atoms with Crippen molar-refractivity contribution in [1.82, 2.24) is 4.98 Å². The second-order valence-corrected chi connectivity index (χ2v) is 7.11. The second-order valence-electron chi connectivity index (χ2n) is 6.10. The molecule has 4 aromatic rings. The van der Waals surface area contributed by atoms with Gasteiger partial charge in [-0.3, -0.25) is 19.8 Å². The van der Waals surface area contributed by atoms with Crippen LogP contribution >= 0.6 is 11.3 Å². The number of amides is 1. The molecular weight excluding hydrogens is 394 g/mol. The zero-order valence-corrected chi connectivity index (χ0v) is 16.1. The summed E-state index contributed by atoms with van der Waals surface area (Å²) in [6, 6.07) is 17.4. The highest BCUT2D eigenvalue weighted by molar-refractivity contribution is 7.22. The van der Waals surface area contributed by atoms with Gasteiger partial charge in [0.15, 0.2) is 10.9 Å². The van der Waals surface area contributed by atoms with Crippen LogP contribution in [0.2, 0.25) is 0 Å². The number of carbonyl (C=O) groups is 1. The van der Waals surface area contributed by atoms with Crippen LogP contribution in [0.5, 0.6) is 5.75 Å². The van der Waals surface area contributed by atoms with Crippen molar-refractivity contribution >= 4 is 38.5 Å². The number of benzene rings is 2. The molecule has 0 saturated carbocycles. The van der Waals surface area contributed by atoms with Gasteiger partial charge in [0.1, 0.15) is 10.7 Å². The van der Waals surface area contributed by atoms with Gasteiger partial charge >= 0.3 is 5.88 Å². The van der Waals surface area contributed by atoms with Crippen LogP contribution in [-0.4, -0.2) is 22.9 Å². The molecule has 146 valence electrons. The minimum absolute atomic E-state index is 0.121. The van der Waals surface area contributed by atoms with E-state index in [2.05, 4.69) is 4.98 Å². The van der Waals surface area contributed by atoms with Gasteiger partial charge < -0.3 is 9.15 Å². The first-order valence-electron chi connectivity index (χ1n) is 8.60. The number of anilines is 1. The number of ether oxygens (including phenoxy) is 1. The fourth-order valence-electron chi connectivity index (χ4n) is 2.80. The van der Waals surface area contributed by atoms with E-state index in [1.165, 1.54) is 22.3 Å². The number of fused-ring (bicyclic) bond motifs is 1. The van der Waals surface area contributed by atoms with Crippen molar-refractivity contribution in [3.63, 3.8) is 0 Å². The summed E-state index contributed by atoms with van der Waals surface area (Å²) in [5, 5.41) is 11.4. The molecule has 29 heavy (non-hydrogen) atoms. The van der Waals surface area contributed by atoms with Gasteiger partial charge in [-0.05, 0) is 23.8 Å². The molecule has 4 rings (SSSR count). The quantitative estimate of drug-likeness (QED) is 0.339. The van der Waals surface area contributed by atoms with E-state index in [0.717, 1.165) is 16.3 Å². The number of aromatic nitrogens is 1. The smallest absolute Gasteiger partial charge is 0.433 e. The number of furan rings is 1. The molecule has 2 aromatic heterocycles. The Kier molecular flexibility index (Phi) is 4.96. The number of hydrogen-bond donors (Lipinski definition) is 0. The Morgan fingerprint density at radius 1 is 1.21 bits per heavy atom. The average molecular weight is 409 g/mol. The van der Waals surface area contributed by atoms with Crippen LogP contribution in [0.3, 0.4) is 0 Å². The summed E-state index contributed by atoms with van der Waals surface area (Å²) in [4.78, 5) is 29.4. The van der Waals surface area contributed by atoms with Crippen LogP contribution in [0.4, 0.5) is 11.0 Å². The third-order valence-electron chi connectivity index (χ3n) is 4.23. The first-order chi connectivity index (χ1) is 14.0. The number of carbonyl (C=O) groups excluding carboxylic acids is 1. The summed E-state index contributed by atoms with van der Waals surface area (Å²) in [5.41, 5.74) is 1.58. The highest BCUT2D eigenvalue weighted by Crippen LogP contribution is 2.33. The maximum absolute atomic E-state index is 13.1. The van der Waals surface area contributed by atoms with Gasteiger partial charge in [-0.2, -0.15) is 0 Å². The van der Waals surface area contributed by atoms with Gasteiger partial charge in [0.05, 0.1) is 29.9 Å². The number of hydrogen-bond acceptors (Lipinski definition) is 7. The van der Waals surface area contributed by atoms with E-state index in [1.54, 1.807) is 13.2 Å². The lowest BCUT2D eigenvalue weighted by atomic mass is 10.2. The Morgan fingerprint density at radius 3 is 2.69 bits per heavy atom. The van der Waals surface area contributed by atoms with Gasteiger partial charge in [-0.25, -0.2) is 4.98 Å². The molecule has 0 fully saturated rings. The number of rotatable bonds is 6. The monoisotopic (exact) mass is 409 g/mol. The largest absolute Gasteiger partial charge is 0.497 e. The van der Waals surface area contributed by atoms with Crippen molar-refractivity contribution in [2.24, 2.45) is 0 Å². The Morgan fingerprint density at radius 2 is 2.00 bits per heavy atom. The van der Waals surface area contributed by atoms with E-state index in [4.69, 9.17) is 9.15 Å². The molecule has 0 bridgehead atoms. The maximum Gasteiger partial charge on any atom is 0.433 e. The summed E-state index contributed by atoms with van der Waals surface area (Å²) >= 11 is 1.34. The van der Waals surface area contributed by atoms with Crippen molar-refractivity contribution in [1.29, 1.82) is 0 Å². The summed E-state index contributed by atoms with van der Waals surface area (Å²) in [7, 11) is 1.57. The van der Waals surface area contributed by atoms with E-state index in [9.17, 15) is 14.9 Å². The van der Waals surface area contributed by atoms with Gasteiger partial charge in [0.2, 0.25) is 0 Å². The lowest BCUT2D eigenvalue weighted by molar-refractivity contribution is -0.402. The first-order valence-corrected chi connectivity index (χ1v) is 9.41. The minimum Gasteiger partial charge on any atom is -0.497 e. The molecule has 0 aliphatic carbocycles. The van der Waals surface area contributed by atoms with Gasteiger partial charge in [-0.15, -0.1) is 0 Å². The number of thiazole rings is 1. The van der Waals surface area contributed by atoms with E-state index in [-0.39, 0.29) is 12.3 Å². The molecule has 0 saturated heterocycles. The molecule has 0 spiro atoms. The highest BCUT2D eigenvalue weighted by atomic mass is 32.1. The fourth-order valence-corrected chi connectivity index (χ4v) is 3.75. The lowest BCUT2D eigenvalue weighted by Gasteiger charge is -2.18. The van der Waals surface area contributed by atoms with E-state index >= 15 is 0 Å². The summed E-state index contributed by atoms with van der Waals surface area (Å²) < 4.78 is 11.2. The molecule has 2 heterocycles. The molecule has 0 unspecified atom stereocenters. The van der Waals surface area contributed by atoms with Crippen molar-refractivity contribution in [3.8, 4) is 5.75 Å². The van der Waals surface area contributed by atoms with Crippen molar-refractivity contribution < 1.29 is 18.9 Å². The van der Waals surface area contributed by atoms with Crippen LogP contribution in [0.15, 0.2) is 65.1 Å². The van der Waals surface area contributed by atoms with Gasteiger partial charge in [0, 0.05) is 6.07 Å². The Labute approximate surface area is 169 Å². The Balaban J connectivity index is 1.75. The zero-order valence-electron chi connectivity index (χ0n) is 15.3. The first kappa shape index (κ1) is 18.6. The van der Waals surface area contributed by atoms with E-state index in [0.29, 0.717) is 16.4 Å². The van der Waals surface area contributed by atoms with Crippen LogP contribution in [0, 0.1) is 10.1 Å². The van der Waals surface area contributed by atoms with Crippen molar-refractivity contribution in [3.05, 3.63) is 82.1 Å². The molecule has 0 atom stereocenters. The van der Waals surface area contributed by atoms with Gasteiger partial charge in [-0.1, -0.05) is 41.7 Å². The average Bonchev–Trinajstić information content (AvgIpc) is 3.39. The molecule has 8 nitrogen and oxygen atoms in total. The number of nitro groups is 1. The molecular formula is C20H15N3O5S. The summed E-state index contributed by atoms with van der Waals surface area (Å²) in [6.45, 7) is 0.241. The second kappa shape index (κ2) is 7.72. The van der Waals surface area contributed by atoms with Crippen LogP contribution in [0.1, 0.15) is 16.1 Å². The lowest BCUT2D eigenvalue weighted by Crippen LogP contribution is -2.30. The fraction of sp³-hybridized carbons (Fsp3) is 0.100. The molecule has 1 amide bonds. The molecule has 0 aliphatic rings. The molecule has 9 heteroatoms. The minimum atomic E-state index is -0.678. The summed E-state index contributed by atoms with van der Waals surface area (Å²) in [5.74, 6) is -0.448. The Hall–Kier alpha value is -3.72.